The van der Waals surface area contributed by atoms with E-state index in [4.69, 9.17) is 37.9 Å². The summed E-state index contributed by atoms with van der Waals surface area (Å²) in [6, 6.07) is 67.3. The molecule has 8 aromatic carbocycles. The zero-order valence-electron chi connectivity index (χ0n) is 51.0. The summed E-state index contributed by atoms with van der Waals surface area (Å²) in [7, 11) is 14.1. The first kappa shape index (κ1) is 58.8. The molecule has 0 aromatic heterocycles. The Bertz CT molecular complexity index is 3000. The van der Waals surface area contributed by atoms with Crippen molar-refractivity contribution in [1.82, 2.24) is 42.5 Å². The highest BCUT2D eigenvalue weighted by Gasteiger charge is 2.57. The Morgan fingerprint density at radius 3 is 0.375 bits per heavy atom. The van der Waals surface area contributed by atoms with Crippen molar-refractivity contribution in [2.24, 2.45) is 0 Å². The van der Waals surface area contributed by atoms with Crippen molar-refractivity contribution in [3.8, 4) is 46.0 Å². The predicted molar refractivity (Wildman–Crippen MR) is 341 cm³/mol. The average molecular weight is 1190 g/mol. The summed E-state index contributed by atoms with van der Waals surface area (Å²) in [5.41, 5.74) is 8.27. The summed E-state index contributed by atoms with van der Waals surface area (Å²) in [5, 5.41) is 34.7. The number of ether oxygens (including phenoxy) is 8. The van der Waals surface area contributed by atoms with Crippen molar-refractivity contribution in [3.05, 3.63) is 239 Å². The molecule has 0 radical (unpaired) electrons. The maximum absolute atomic E-state index is 6.39. The normalized spacial score (nSPS) is 29.0. The monoisotopic (exact) mass is 1180 g/mol. The minimum atomic E-state index is -0.432. The van der Waals surface area contributed by atoms with Crippen LogP contribution in [0.15, 0.2) is 194 Å². The highest BCUT2D eigenvalue weighted by Crippen LogP contribution is 2.55. The van der Waals surface area contributed by atoms with Gasteiger partial charge < -0.3 is 37.9 Å². The Labute approximate surface area is 516 Å². The molecule has 5 aliphatic rings. The van der Waals surface area contributed by atoms with Crippen LogP contribution in [0.4, 0.5) is 0 Å². The smallest absolute Gasteiger partial charge is 0.122 e. The molecule has 5 heterocycles. The molecule has 8 unspecified atom stereocenters. The number of fused-ring (bicyclic) bond motifs is 8. The van der Waals surface area contributed by atoms with Gasteiger partial charge in [0, 0.05) is 91.9 Å². The third kappa shape index (κ3) is 10.6. The molecule has 8 bridgehead atoms. The molecule has 456 valence electrons. The third-order valence-corrected chi connectivity index (χ3v) is 19.3. The number of rotatable bonds is 16. The summed E-state index contributed by atoms with van der Waals surface area (Å²) >= 11 is 0. The van der Waals surface area contributed by atoms with Gasteiger partial charge in [0.15, 0.2) is 0 Å². The van der Waals surface area contributed by atoms with Gasteiger partial charge in [0.25, 0.3) is 0 Å². The van der Waals surface area contributed by atoms with Gasteiger partial charge in [-0.1, -0.05) is 146 Å². The van der Waals surface area contributed by atoms with Gasteiger partial charge in [-0.25, -0.2) is 0 Å². The Balaban J connectivity index is 1.09. The molecule has 0 saturated carbocycles. The van der Waals surface area contributed by atoms with Crippen molar-refractivity contribution >= 4 is 0 Å². The summed E-state index contributed by atoms with van der Waals surface area (Å²) in [6.07, 6.45) is -3.45. The molecule has 8 atom stereocenters. The molecule has 88 heavy (non-hydrogen) atoms. The molecule has 5 aliphatic heterocycles. The zero-order chi connectivity index (χ0) is 60.4. The molecule has 5 saturated heterocycles. The lowest BCUT2D eigenvalue weighted by Gasteiger charge is -2.34. The lowest BCUT2D eigenvalue weighted by Crippen LogP contribution is -2.61. The summed E-state index contributed by atoms with van der Waals surface area (Å²) in [5.74, 6) is 3.98. The van der Waals surface area contributed by atoms with E-state index < -0.39 is 49.3 Å². The van der Waals surface area contributed by atoms with Gasteiger partial charge in [-0.05, 0) is 48.5 Å². The highest BCUT2D eigenvalue weighted by molar-refractivity contribution is 5.53. The van der Waals surface area contributed by atoms with Gasteiger partial charge in [-0.15, -0.1) is 0 Å². The molecule has 0 amide bonds. The Morgan fingerprint density at radius 2 is 0.273 bits per heavy atom. The molecule has 0 aliphatic carbocycles. The van der Waals surface area contributed by atoms with Crippen molar-refractivity contribution in [1.29, 1.82) is 0 Å². The number of hydrogen-bond acceptors (Lipinski definition) is 16. The lowest BCUT2D eigenvalue weighted by molar-refractivity contribution is 0.278. The molecule has 8 N–H and O–H groups in total. The van der Waals surface area contributed by atoms with Crippen LogP contribution < -0.4 is 80.4 Å². The Morgan fingerprint density at radius 1 is 0.170 bits per heavy atom. The standard InChI is InChI=1S/C72H80N8O8/c1-81-49-33-17-9-25-41(49)57-58(42-26-10-18-34-50(42)82-2)66-73-65(57)77-67-59(43-27-11-19-35-51(43)83-3)60(44-28-12-20-36-52(44)84-4)69(74-67)79-71-63(47-31-15-23-39-55(47)87-7)64(48-32-16-24-40-56(48)88-8)72(76-71)80-70-62(46-30-14-22-38-54(46)86-6)61(68(75-70)78-66)45-29-13-21-37-53(45)85-5/h9-40,57-80H,1-8H3. The molecule has 8 aromatic rings. The van der Waals surface area contributed by atoms with Gasteiger partial charge >= 0.3 is 0 Å². The fourth-order valence-electron chi connectivity index (χ4n) is 15.8. The van der Waals surface area contributed by atoms with Gasteiger partial charge in [-0.2, -0.15) is 0 Å². The van der Waals surface area contributed by atoms with Gasteiger partial charge in [-0.3, -0.25) is 42.5 Å². The first-order valence-electron chi connectivity index (χ1n) is 30.4. The topological polar surface area (TPSA) is 170 Å². The summed E-state index contributed by atoms with van der Waals surface area (Å²) in [4.78, 5) is 0. The maximum atomic E-state index is 6.39. The minimum absolute atomic E-state index is 0.281. The van der Waals surface area contributed by atoms with E-state index in [9.17, 15) is 0 Å². The molecule has 5 fully saturated rings. The molecule has 13 rings (SSSR count). The molecular weight excluding hydrogens is 1100 g/mol. The van der Waals surface area contributed by atoms with E-state index in [0.29, 0.717) is 0 Å². The van der Waals surface area contributed by atoms with E-state index >= 15 is 0 Å². The zero-order valence-corrected chi connectivity index (χ0v) is 51.0. The van der Waals surface area contributed by atoms with Gasteiger partial charge in [0.2, 0.25) is 0 Å². The van der Waals surface area contributed by atoms with Crippen LogP contribution in [0.3, 0.4) is 0 Å². The number of para-hydroxylation sites is 8. The average Bonchev–Trinajstić information content (AvgIpc) is 3.51. The fraction of sp³-hybridized carbons (Fsp3) is 0.333. The van der Waals surface area contributed by atoms with Crippen molar-refractivity contribution in [2.75, 3.05) is 56.9 Å². The quantitative estimate of drug-likeness (QED) is 0.0460. The van der Waals surface area contributed by atoms with E-state index in [1.807, 2.05) is 48.5 Å². The second kappa shape index (κ2) is 25.9. The molecular formula is C72H80N8O8. The molecule has 16 heteroatoms. The van der Waals surface area contributed by atoms with Crippen LogP contribution in [-0.2, 0) is 0 Å². The molecule has 16 nitrogen and oxygen atoms in total. The lowest BCUT2D eigenvalue weighted by atomic mass is 9.77. The highest BCUT2D eigenvalue weighted by atomic mass is 16.5. The van der Waals surface area contributed by atoms with Crippen LogP contribution in [-0.4, -0.2) is 106 Å². The maximum Gasteiger partial charge on any atom is 0.122 e. The second-order valence-corrected chi connectivity index (χ2v) is 23.3. The van der Waals surface area contributed by atoms with E-state index in [1.54, 1.807) is 56.9 Å². The van der Waals surface area contributed by atoms with E-state index in [2.05, 4.69) is 188 Å². The summed E-state index contributed by atoms with van der Waals surface area (Å²) in [6.45, 7) is 0. The number of benzene rings is 8. The summed E-state index contributed by atoms with van der Waals surface area (Å²) < 4.78 is 51.1. The molecule has 0 spiro atoms. The van der Waals surface area contributed by atoms with Gasteiger partial charge in [0.05, 0.1) is 106 Å². The van der Waals surface area contributed by atoms with E-state index in [0.717, 1.165) is 90.5 Å². The first-order valence-corrected chi connectivity index (χ1v) is 30.4. The van der Waals surface area contributed by atoms with Crippen molar-refractivity contribution in [2.45, 2.75) is 96.7 Å². The van der Waals surface area contributed by atoms with Crippen LogP contribution in [0.5, 0.6) is 46.0 Å². The largest absolute Gasteiger partial charge is 0.496 e. The second-order valence-electron chi connectivity index (χ2n) is 23.3. The van der Waals surface area contributed by atoms with Crippen LogP contribution in [0.25, 0.3) is 0 Å². The minimum Gasteiger partial charge on any atom is -0.496 e. The Hall–Kier alpha value is -8.16. The predicted octanol–water partition coefficient (Wildman–Crippen LogP) is 9.72. The van der Waals surface area contributed by atoms with Crippen LogP contribution in [0.1, 0.15) is 91.9 Å². The first-order chi connectivity index (χ1) is 43.3. The third-order valence-electron chi connectivity index (χ3n) is 19.3. The SMILES string of the molecule is COc1ccccc1C1C2NC(NC3NC(NC4NC(NC5NC(N2)C(c2ccccc2OC)C5c2ccccc2OC)C(c2ccccc2OC)C4c2ccccc2OC)C(c2ccccc2OC)C3c2ccccc2OC)C1c1ccccc1OC. The number of hydrogen-bond donors (Lipinski definition) is 8. The van der Waals surface area contributed by atoms with Crippen LogP contribution >= 0.6 is 0 Å². The van der Waals surface area contributed by atoms with E-state index in [1.165, 1.54) is 0 Å². The van der Waals surface area contributed by atoms with E-state index in [-0.39, 0.29) is 47.3 Å². The van der Waals surface area contributed by atoms with Crippen LogP contribution in [0.2, 0.25) is 0 Å². The van der Waals surface area contributed by atoms with Crippen LogP contribution in [0, 0.1) is 0 Å². The number of methoxy groups -OCH3 is 8. The Kier molecular flexibility index (Phi) is 17.3. The number of nitrogens with one attached hydrogen (secondary N) is 8. The van der Waals surface area contributed by atoms with Crippen molar-refractivity contribution in [3.63, 3.8) is 0 Å². The fourth-order valence-corrected chi connectivity index (χ4v) is 15.8. The van der Waals surface area contributed by atoms with Gasteiger partial charge in [0.1, 0.15) is 46.0 Å². The van der Waals surface area contributed by atoms with Crippen molar-refractivity contribution < 1.29 is 37.9 Å².